The number of hydrogen-bond donors (Lipinski definition) is 2. The first kappa shape index (κ1) is 12.7. The predicted molar refractivity (Wildman–Crippen MR) is 70.8 cm³/mol. The van der Waals surface area contributed by atoms with Crippen molar-refractivity contribution in [2.24, 2.45) is 4.99 Å². The highest BCUT2D eigenvalue weighted by molar-refractivity contribution is 6.06. The fraction of sp³-hybridized carbons (Fsp3) is 0.385. The second kappa shape index (κ2) is 5.38. The van der Waals surface area contributed by atoms with Gasteiger partial charge in [-0.05, 0) is 17.7 Å². The van der Waals surface area contributed by atoms with E-state index in [1.807, 2.05) is 6.07 Å². The van der Waals surface area contributed by atoms with Gasteiger partial charge in [-0.3, -0.25) is 15.1 Å². The summed E-state index contributed by atoms with van der Waals surface area (Å²) in [6.45, 7) is 1.22. The number of carbonyl (C=O) groups excluding carboxylic acids is 1. The molecular weight excluding hydrogens is 262 g/mol. The number of rotatable bonds is 4. The van der Waals surface area contributed by atoms with Crippen molar-refractivity contribution in [3.63, 3.8) is 0 Å². The molecule has 2 N–H and O–H groups in total. The second-order valence-electron chi connectivity index (χ2n) is 4.40. The molecule has 7 heteroatoms. The van der Waals surface area contributed by atoms with E-state index in [0.29, 0.717) is 30.6 Å². The molecule has 0 aliphatic carbocycles. The van der Waals surface area contributed by atoms with E-state index in [1.54, 1.807) is 19.2 Å². The van der Waals surface area contributed by atoms with E-state index in [1.165, 1.54) is 0 Å². The Morgan fingerprint density at radius 3 is 3.10 bits per heavy atom. The zero-order valence-electron chi connectivity index (χ0n) is 11.0. The zero-order valence-corrected chi connectivity index (χ0v) is 11.0. The third-order valence-electron chi connectivity index (χ3n) is 3.08. The van der Waals surface area contributed by atoms with Gasteiger partial charge < -0.3 is 19.5 Å². The van der Waals surface area contributed by atoms with Crippen LogP contribution in [-0.4, -0.2) is 38.9 Å². The molecule has 1 amide bonds. The van der Waals surface area contributed by atoms with E-state index >= 15 is 0 Å². The summed E-state index contributed by atoms with van der Waals surface area (Å²) < 4.78 is 15.5. The summed E-state index contributed by atoms with van der Waals surface area (Å²) in [4.78, 5) is 16.2. The molecule has 1 saturated heterocycles. The molecule has 0 saturated carbocycles. The van der Waals surface area contributed by atoms with Gasteiger partial charge in [0.25, 0.3) is 5.91 Å². The lowest BCUT2D eigenvalue weighted by Crippen LogP contribution is -2.26. The molecule has 2 aliphatic rings. The van der Waals surface area contributed by atoms with Gasteiger partial charge in [0, 0.05) is 7.11 Å². The van der Waals surface area contributed by atoms with Gasteiger partial charge in [0.2, 0.25) is 6.79 Å². The Morgan fingerprint density at radius 1 is 1.40 bits per heavy atom. The molecule has 1 fully saturated rings. The molecule has 0 radical (unpaired) electrons. The average molecular weight is 277 g/mol. The molecule has 3 rings (SSSR count). The standard InChI is InChI=1S/C13H15N3O4/c1-18-5-4-14-13-15-11(12(17)16-13)8-2-3-9-10(6-8)20-7-19-9/h2-3,6,11H,4-5,7H2,1H3,(H2,14,15,16,17). The van der Waals surface area contributed by atoms with Gasteiger partial charge in [0.05, 0.1) is 13.2 Å². The van der Waals surface area contributed by atoms with Crippen molar-refractivity contribution in [3.8, 4) is 11.5 Å². The van der Waals surface area contributed by atoms with Crippen LogP contribution in [0.3, 0.4) is 0 Å². The molecule has 0 spiro atoms. The highest BCUT2D eigenvalue weighted by Gasteiger charge is 2.30. The second-order valence-corrected chi connectivity index (χ2v) is 4.40. The maximum Gasteiger partial charge on any atom is 0.253 e. The summed E-state index contributed by atoms with van der Waals surface area (Å²) in [6.07, 6.45) is 0. The van der Waals surface area contributed by atoms with E-state index < -0.39 is 6.04 Å². The quantitative estimate of drug-likeness (QED) is 0.767. The fourth-order valence-corrected chi connectivity index (χ4v) is 2.09. The molecule has 106 valence electrons. The summed E-state index contributed by atoms with van der Waals surface area (Å²) >= 11 is 0. The van der Waals surface area contributed by atoms with Crippen molar-refractivity contribution in [1.29, 1.82) is 0 Å². The van der Waals surface area contributed by atoms with Gasteiger partial charge in [0.1, 0.15) is 6.04 Å². The first-order chi connectivity index (χ1) is 9.78. The monoisotopic (exact) mass is 277 g/mol. The van der Waals surface area contributed by atoms with Gasteiger partial charge >= 0.3 is 0 Å². The molecule has 1 aromatic carbocycles. The smallest absolute Gasteiger partial charge is 0.253 e. The lowest BCUT2D eigenvalue weighted by Gasteiger charge is -2.08. The number of guanidine groups is 1. The largest absolute Gasteiger partial charge is 0.454 e. The summed E-state index contributed by atoms with van der Waals surface area (Å²) in [5, 5.41) is 5.75. The molecule has 2 aliphatic heterocycles. The van der Waals surface area contributed by atoms with Gasteiger partial charge in [-0.25, -0.2) is 0 Å². The minimum atomic E-state index is -0.467. The van der Waals surface area contributed by atoms with Gasteiger partial charge in [-0.2, -0.15) is 0 Å². The minimum Gasteiger partial charge on any atom is -0.454 e. The van der Waals surface area contributed by atoms with Crippen LogP contribution in [0, 0.1) is 0 Å². The van der Waals surface area contributed by atoms with E-state index in [0.717, 1.165) is 5.56 Å². The number of ether oxygens (including phenoxy) is 3. The number of carbonyl (C=O) groups is 1. The van der Waals surface area contributed by atoms with Crippen LogP contribution in [-0.2, 0) is 9.53 Å². The molecule has 0 bridgehead atoms. The van der Waals surface area contributed by atoms with Crippen LogP contribution in [0.2, 0.25) is 0 Å². The maximum atomic E-state index is 12.0. The predicted octanol–water partition coefficient (Wildman–Crippen LogP) is 0.178. The van der Waals surface area contributed by atoms with Crippen molar-refractivity contribution < 1.29 is 19.0 Å². The third kappa shape index (κ3) is 2.39. The Bertz CT molecular complexity index is 559. The van der Waals surface area contributed by atoms with Gasteiger partial charge in [-0.1, -0.05) is 6.07 Å². The summed E-state index contributed by atoms with van der Waals surface area (Å²) in [5.41, 5.74) is 0.809. The van der Waals surface area contributed by atoms with E-state index in [2.05, 4.69) is 15.6 Å². The lowest BCUT2D eigenvalue weighted by atomic mass is 10.1. The Morgan fingerprint density at radius 2 is 2.25 bits per heavy atom. The summed E-state index contributed by atoms with van der Waals surface area (Å²) in [5.74, 6) is 1.68. The van der Waals surface area contributed by atoms with E-state index in [4.69, 9.17) is 14.2 Å². The minimum absolute atomic E-state index is 0.139. The molecule has 20 heavy (non-hydrogen) atoms. The molecule has 0 aromatic heterocycles. The van der Waals surface area contributed by atoms with Crippen molar-refractivity contribution >= 4 is 11.9 Å². The number of amides is 1. The molecule has 1 atom stereocenters. The SMILES string of the molecule is COCCN=C1NC(=O)C(c2ccc3c(c2)OCO3)N1. The Balaban J connectivity index is 1.74. The lowest BCUT2D eigenvalue weighted by molar-refractivity contribution is -0.120. The number of methoxy groups -OCH3 is 1. The van der Waals surface area contributed by atoms with E-state index in [9.17, 15) is 4.79 Å². The average Bonchev–Trinajstić information content (AvgIpc) is 3.04. The summed E-state index contributed by atoms with van der Waals surface area (Å²) in [7, 11) is 1.61. The van der Waals surface area contributed by atoms with Crippen molar-refractivity contribution in [2.75, 3.05) is 27.1 Å². The third-order valence-corrected chi connectivity index (χ3v) is 3.08. The highest BCUT2D eigenvalue weighted by atomic mass is 16.7. The van der Waals surface area contributed by atoms with Gasteiger partial charge in [0.15, 0.2) is 17.5 Å². The number of fused-ring (bicyclic) bond motifs is 1. The Kier molecular flexibility index (Phi) is 3.42. The summed E-state index contributed by atoms with van der Waals surface area (Å²) in [6, 6.07) is 4.97. The topological polar surface area (TPSA) is 81.2 Å². The zero-order chi connectivity index (χ0) is 13.9. The van der Waals surface area contributed by atoms with Crippen LogP contribution in [0.25, 0.3) is 0 Å². The number of aliphatic imine (C=N–C) groups is 1. The van der Waals surface area contributed by atoms with Crippen LogP contribution in [0.1, 0.15) is 11.6 Å². The first-order valence-corrected chi connectivity index (χ1v) is 6.28. The molecule has 1 unspecified atom stereocenters. The molecule has 1 aromatic rings. The van der Waals surface area contributed by atoms with Crippen LogP contribution in [0.4, 0.5) is 0 Å². The number of nitrogens with zero attached hydrogens (tertiary/aromatic N) is 1. The first-order valence-electron chi connectivity index (χ1n) is 6.28. The normalized spacial score (nSPS) is 21.9. The van der Waals surface area contributed by atoms with E-state index in [-0.39, 0.29) is 12.7 Å². The van der Waals surface area contributed by atoms with Crippen LogP contribution in [0.5, 0.6) is 11.5 Å². The number of hydrogen-bond acceptors (Lipinski definition) is 5. The van der Waals surface area contributed by atoms with Crippen molar-refractivity contribution in [1.82, 2.24) is 10.6 Å². The fourth-order valence-electron chi connectivity index (χ4n) is 2.09. The molecule has 7 nitrogen and oxygen atoms in total. The van der Waals surface area contributed by atoms with Crippen molar-refractivity contribution in [2.45, 2.75) is 6.04 Å². The maximum absolute atomic E-state index is 12.0. The number of benzene rings is 1. The number of nitrogens with one attached hydrogen (secondary N) is 2. The van der Waals surface area contributed by atoms with Crippen LogP contribution in [0.15, 0.2) is 23.2 Å². The Labute approximate surface area is 115 Å². The van der Waals surface area contributed by atoms with Crippen LogP contribution >= 0.6 is 0 Å². The highest BCUT2D eigenvalue weighted by Crippen LogP contribution is 2.34. The Hall–Kier alpha value is -2.28. The van der Waals surface area contributed by atoms with Crippen molar-refractivity contribution in [3.05, 3.63) is 23.8 Å². The molecule has 2 heterocycles. The van der Waals surface area contributed by atoms with Crippen LogP contribution < -0.4 is 20.1 Å². The van der Waals surface area contributed by atoms with Gasteiger partial charge in [-0.15, -0.1) is 0 Å². The molecular formula is C13H15N3O4.